The van der Waals surface area contributed by atoms with Crippen LogP contribution in [0.15, 0.2) is 24.1 Å². The van der Waals surface area contributed by atoms with Crippen molar-refractivity contribution in [2.75, 3.05) is 26.2 Å². The minimum atomic E-state index is -1.04. The maximum atomic E-state index is 12.5. The molecule has 0 bridgehead atoms. The molecule has 2 fully saturated rings. The molecule has 2 aliphatic rings. The number of rotatable bonds is 6. The lowest BCUT2D eigenvalue weighted by molar-refractivity contribution is -0.149. The maximum absolute atomic E-state index is 12.5. The number of hydrogen-bond donors (Lipinski definition) is 1. The second kappa shape index (κ2) is 6.14. The number of Topliss-reactive ketones (excluding diaryl/α,β-unsaturated/α-hetero) is 1. The maximum Gasteiger partial charge on any atom is 0.313 e. The summed E-state index contributed by atoms with van der Waals surface area (Å²) in [6, 6.07) is 1.85. The number of carboxylic acids is 1. The Morgan fingerprint density at radius 2 is 2.25 bits per heavy atom. The summed E-state index contributed by atoms with van der Waals surface area (Å²) in [5, 5.41) is 11.7. The van der Waals surface area contributed by atoms with Crippen LogP contribution in [0.5, 0.6) is 0 Å². The molecule has 0 saturated carbocycles. The van der Waals surface area contributed by atoms with Crippen LogP contribution in [0.2, 0.25) is 0 Å². The normalized spacial score (nSPS) is 26.6. The van der Waals surface area contributed by atoms with Crippen LogP contribution in [0.25, 0.3) is 0 Å². The topological polar surface area (TPSA) is 77.9 Å². The molecule has 1 amide bonds. The van der Waals surface area contributed by atoms with E-state index in [-0.39, 0.29) is 18.2 Å². The lowest BCUT2D eigenvalue weighted by Gasteiger charge is -2.24. The minimum absolute atomic E-state index is 0.0294. The lowest BCUT2D eigenvalue weighted by atomic mass is 9.81. The highest BCUT2D eigenvalue weighted by molar-refractivity contribution is 7.12. The van der Waals surface area contributed by atoms with E-state index in [1.807, 2.05) is 16.3 Å². The summed E-state index contributed by atoms with van der Waals surface area (Å²) in [5.41, 5.74) is -0.0550. The van der Waals surface area contributed by atoms with Gasteiger partial charge in [-0.15, -0.1) is 17.9 Å². The second-order valence-corrected chi connectivity index (χ2v) is 7.48. The van der Waals surface area contributed by atoms with Crippen molar-refractivity contribution in [2.45, 2.75) is 13.5 Å². The molecule has 2 atom stereocenters. The highest BCUT2D eigenvalue weighted by Crippen LogP contribution is 2.44. The Morgan fingerprint density at radius 1 is 1.50 bits per heavy atom. The van der Waals surface area contributed by atoms with Gasteiger partial charge < -0.3 is 10.0 Å². The SMILES string of the molecule is C=CCN1C[C@@]2(C(=O)O)CN(Cc3csc(C(C)=O)c3)C[C@H]2C1=O. The van der Waals surface area contributed by atoms with Crippen molar-refractivity contribution in [2.24, 2.45) is 11.3 Å². The number of likely N-dealkylation sites (tertiary alicyclic amines) is 2. The molecule has 2 saturated heterocycles. The van der Waals surface area contributed by atoms with Crippen molar-refractivity contribution in [1.29, 1.82) is 0 Å². The minimum Gasteiger partial charge on any atom is -0.481 e. The van der Waals surface area contributed by atoms with Gasteiger partial charge in [0.1, 0.15) is 5.41 Å². The van der Waals surface area contributed by atoms with Gasteiger partial charge in [-0.25, -0.2) is 0 Å². The van der Waals surface area contributed by atoms with Crippen LogP contribution in [0.1, 0.15) is 22.2 Å². The van der Waals surface area contributed by atoms with E-state index in [1.165, 1.54) is 18.3 Å². The van der Waals surface area contributed by atoms with Gasteiger partial charge in [-0.05, 0) is 23.9 Å². The summed E-state index contributed by atoms with van der Waals surface area (Å²) in [4.78, 5) is 40.1. The summed E-state index contributed by atoms with van der Waals surface area (Å²) in [5.74, 6) is -1.50. The smallest absolute Gasteiger partial charge is 0.313 e. The zero-order valence-electron chi connectivity index (χ0n) is 13.5. The van der Waals surface area contributed by atoms with Crippen LogP contribution in [-0.4, -0.2) is 58.7 Å². The molecule has 0 aromatic carbocycles. The van der Waals surface area contributed by atoms with Gasteiger partial charge in [0.2, 0.25) is 5.91 Å². The molecule has 6 nitrogen and oxygen atoms in total. The molecule has 7 heteroatoms. The van der Waals surface area contributed by atoms with Crippen LogP contribution in [0.3, 0.4) is 0 Å². The van der Waals surface area contributed by atoms with Gasteiger partial charge in [0.15, 0.2) is 5.78 Å². The molecule has 0 radical (unpaired) electrons. The molecule has 1 aromatic rings. The van der Waals surface area contributed by atoms with Crippen molar-refractivity contribution in [1.82, 2.24) is 9.80 Å². The van der Waals surface area contributed by atoms with Crippen LogP contribution in [0.4, 0.5) is 0 Å². The number of hydrogen-bond acceptors (Lipinski definition) is 5. The Hall–Kier alpha value is -1.99. The molecular formula is C17H20N2O4S. The van der Waals surface area contributed by atoms with Crippen LogP contribution < -0.4 is 0 Å². The summed E-state index contributed by atoms with van der Waals surface area (Å²) < 4.78 is 0. The van der Waals surface area contributed by atoms with Gasteiger partial charge in [0.25, 0.3) is 0 Å². The van der Waals surface area contributed by atoms with Crippen LogP contribution in [0, 0.1) is 11.3 Å². The van der Waals surface area contributed by atoms with E-state index >= 15 is 0 Å². The van der Waals surface area contributed by atoms with Crippen molar-refractivity contribution < 1.29 is 19.5 Å². The summed E-state index contributed by atoms with van der Waals surface area (Å²) in [7, 11) is 0. The number of carbonyl (C=O) groups excluding carboxylic acids is 2. The van der Waals surface area contributed by atoms with E-state index in [9.17, 15) is 19.5 Å². The van der Waals surface area contributed by atoms with E-state index in [0.717, 1.165) is 5.56 Å². The molecule has 2 aliphatic heterocycles. The van der Waals surface area contributed by atoms with E-state index < -0.39 is 17.3 Å². The van der Waals surface area contributed by atoms with Gasteiger partial charge in [-0.2, -0.15) is 0 Å². The number of carboxylic acid groups (broad SMARTS) is 1. The average molecular weight is 348 g/mol. The first kappa shape index (κ1) is 16.9. The standard InChI is InChI=1S/C17H20N2O4S/c1-3-4-19-10-17(16(22)23)9-18(7-13(17)15(19)21)6-12-5-14(11(2)20)24-8-12/h3,5,8,13H,1,4,6-7,9-10H2,2H3,(H,22,23)/t13-,17-/m0/s1. The number of amides is 1. The molecule has 0 aliphatic carbocycles. The molecular weight excluding hydrogens is 328 g/mol. The molecule has 1 aromatic heterocycles. The fourth-order valence-electron chi connectivity index (χ4n) is 3.74. The van der Waals surface area contributed by atoms with Crippen molar-refractivity contribution in [3.63, 3.8) is 0 Å². The third kappa shape index (κ3) is 2.67. The van der Waals surface area contributed by atoms with Gasteiger partial charge in [0.05, 0.1) is 10.8 Å². The quantitative estimate of drug-likeness (QED) is 0.622. The summed E-state index contributed by atoms with van der Waals surface area (Å²) in [6.45, 7) is 7.12. The van der Waals surface area contributed by atoms with Crippen LogP contribution >= 0.6 is 11.3 Å². The number of fused-ring (bicyclic) bond motifs is 1. The van der Waals surface area contributed by atoms with E-state index in [0.29, 0.717) is 31.1 Å². The van der Waals surface area contributed by atoms with Crippen molar-refractivity contribution in [3.05, 3.63) is 34.5 Å². The van der Waals surface area contributed by atoms with E-state index in [1.54, 1.807) is 11.0 Å². The number of thiophene rings is 1. The first-order valence-electron chi connectivity index (χ1n) is 7.81. The third-order valence-electron chi connectivity index (χ3n) is 4.88. The molecule has 0 unspecified atom stereocenters. The highest BCUT2D eigenvalue weighted by Gasteiger charge is 2.61. The van der Waals surface area contributed by atoms with E-state index in [2.05, 4.69) is 6.58 Å². The fraction of sp³-hybridized carbons (Fsp3) is 0.471. The molecule has 24 heavy (non-hydrogen) atoms. The zero-order valence-corrected chi connectivity index (χ0v) is 14.3. The average Bonchev–Trinajstić information content (AvgIpc) is 3.17. The van der Waals surface area contributed by atoms with Crippen molar-refractivity contribution in [3.8, 4) is 0 Å². The number of nitrogens with zero attached hydrogens (tertiary/aromatic N) is 2. The molecule has 3 heterocycles. The van der Waals surface area contributed by atoms with Crippen LogP contribution in [-0.2, 0) is 16.1 Å². The molecule has 0 spiro atoms. The number of ketones is 1. The third-order valence-corrected chi connectivity index (χ3v) is 5.96. The Morgan fingerprint density at radius 3 is 2.79 bits per heavy atom. The van der Waals surface area contributed by atoms with Gasteiger partial charge >= 0.3 is 5.97 Å². The Bertz CT molecular complexity index is 713. The van der Waals surface area contributed by atoms with E-state index in [4.69, 9.17) is 0 Å². The second-order valence-electron chi connectivity index (χ2n) is 6.57. The molecule has 128 valence electrons. The highest BCUT2D eigenvalue weighted by atomic mass is 32.1. The van der Waals surface area contributed by atoms with Gasteiger partial charge in [0, 0.05) is 32.7 Å². The lowest BCUT2D eigenvalue weighted by Crippen LogP contribution is -2.40. The number of carbonyl (C=O) groups is 3. The number of aliphatic carboxylic acids is 1. The first-order chi connectivity index (χ1) is 11.4. The Balaban J connectivity index is 1.77. The summed E-state index contributed by atoms with van der Waals surface area (Å²) >= 11 is 1.40. The summed E-state index contributed by atoms with van der Waals surface area (Å²) in [6.07, 6.45) is 1.63. The van der Waals surface area contributed by atoms with Crippen molar-refractivity contribution >= 4 is 29.0 Å². The predicted octanol–water partition coefficient (Wildman–Crippen LogP) is 1.48. The molecule has 1 N–H and O–H groups in total. The largest absolute Gasteiger partial charge is 0.481 e. The fourth-order valence-corrected chi connectivity index (χ4v) is 4.54. The monoisotopic (exact) mass is 348 g/mol. The predicted molar refractivity (Wildman–Crippen MR) is 89.9 cm³/mol. The first-order valence-corrected chi connectivity index (χ1v) is 8.69. The molecule has 3 rings (SSSR count). The Kier molecular flexibility index (Phi) is 4.31. The Labute approximate surface area is 144 Å². The zero-order chi connectivity index (χ0) is 17.5. The van der Waals surface area contributed by atoms with Gasteiger partial charge in [-0.3, -0.25) is 19.3 Å². The van der Waals surface area contributed by atoms with Gasteiger partial charge in [-0.1, -0.05) is 6.08 Å².